The van der Waals surface area contributed by atoms with Gasteiger partial charge in [0.05, 0.1) is 0 Å². The molecule has 2 aliphatic heterocycles. The standard InChI is InChI=1S/C16H21N3O2/c1-10-6-12(8-13(17)7-10)16(21)19-5-4-14-11(9-19)2-3-15(20)18-14/h6-8,11,14H,2-5,9,17H2,1H3,(H,18,20). The summed E-state index contributed by atoms with van der Waals surface area (Å²) in [6, 6.07) is 5.72. The number of fused-ring (bicyclic) bond motifs is 1. The normalized spacial score (nSPS) is 25.2. The highest BCUT2D eigenvalue weighted by atomic mass is 16.2. The van der Waals surface area contributed by atoms with Crippen LogP contribution in [0.2, 0.25) is 0 Å². The fourth-order valence-corrected chi connectivity index (χ4v) is 3.41. The predicted octanol–water partition coefficient (Wildman–Crippen LogP) is 1.32. The third-order valence-corrected chi connectivity index (χ3v) is 4.46. The number of benzene rings is 1. The van der Waals surface area contributed by atoms with E-state index >= 15 is 0 Å². The Kier molecular flexibility index (Phi) is 3.57. The van der Waals surface area contributed by atoms with Crippen molar-refractivity contribution >= 4 is 17.5 Å². The highest BCUT2D eigenvalue weighted by Crippen LogP contribution is 2.26. The molecule has 3 N–H and O–H groups in total. The first-order valence-electron chi connectivity index (χ1n) is 7.49. The van der Waals surface area contributed by atoms with Crippen LogP contribution >= 0.6 is 0 Å². The second-order valence-electron chi connectivity index (χ2n) is 6.14. The van der Waals surface area contributed by atoms with Gasteiger partial charge in [0.2, 0.25) is 5.91 Å². The van der Waals surface area contributed by atoms with Crippen LogP contribution in [0.15, 0.2) is 18.2 Å². The minimum Gasteiger partial charge on any atom is -0.399 e. The molecule has 0 spiro atoms. The monoisotopic (exact) mass is 287 g/mol. The Bertz CT molecular complexity index is 565. The smallest absolute Gasteiger partial charge is 0.253 e. The van der Waals surface area contributed by atoms with Crippen molar-refractivity contribution in [1.82, 2.24) is 10.2 Å². The fraction of sp³-hybridized carbons (Fsp3) is 0.500. The lowest BCUT2D eigenvalue weighted by molar-refractivity contribution is -0.125. The second-order valence-corrected chi connectivity index (χ2v) is 6.14. The van der Waals surface area contributed by atoms with E-state index in [0.29, 0.717) is 30.1 Å². The van der Waals surface area contributed by atoms with E-state index in [1.54, 1.807) is 6.07 Å². The van der Waals surface area contributed by atoms with Crippen molar-refractivity contribution in [3.05, 3.63) is 29.3 Å². The lowest BCUT2D eigenvalue weighted by atomic mass is 9.85. The number of hydrogen-bond acceptors (Lipinski definition) is 3. The molecule has 21 heavy (non-hydrogen) atoms. The van der Waals surface area contributed by atoms with Gasteiger partial charge in [-0.05, 0) is 49.4 Å². The van der Waals surface area contributed by atoms with Crippen LogP contribution in [-0.2, 0) is 4.79 Å². The molecule has 1 aromatic rings. The molecule has 1 aromatic carbocycles. The number of nitrogen functional groups attached to an aromatic ring is 1. The van der Waals surface area contributed by atoms with Gasteiger partial charge in [-0.2, -0.15) is 0 Å². The Morgan fingerprint density at radius 1 is 1.33 bits per heavy atom. The average molecular weight is 287 g/mol. The summed E-state index contributed by atoms with van der Waals surface area (Å²) in [7, 11) is 0. The highest BCUT2D eigenvalue weighted by Gasteiger charge is 2.35. The lowest BCUT2D eigenvalue weighted by Gasteiger charge is -2.41. The number of amides is 2. The van der Waals surface area contributed by atoms with Crippen molar-refractivity contribution in [2.24, 2.45) is 5.92 Å². The Morgan fingerprint density at radius 2 is 2.14 bits per heavy atom. The maximum Gasteiger partial charge on any atom is 0.253 e. The van der Waals surface area contributed by atoms with Gasteiger partial charge in [-0.25, -0.2) is 0 Å². The van der Waals surface area contributed by atoms with Crippen LogP contribution in [0.3, 0.4) is 0 Å². The number of aryl methyl sites for hydroxylation is 1. The molecule has 0 aromatic heterocycles. The largest absolute Gasteiger partial charge is 0.399 e. The number of carbonyl (C=O) groups is 2. The van der Waals surface area contributed by atoms with E-state index in [-0.39, 0.29) is 17.9 Å². The highest BCUT2D eigenvalue weighted by molar-refractivity contribution is 5.95. The van der Waals surface area contributed by atoms with Gasteiger partial charge in [0.1, 0.15) is 0 Å². The Labute approximate surface area is 124 Å². The molecule has 112 valence electrons. The maximum absolute atomic E-state index is 12.6. The molecule has 0 saturated carbocycles. The topological polar surface area (TPSA) is 75.4 Å². The molecule has 5 nitrogen and oxygen atoms in total. The molecule has 2 heterocycles. The number of nitrogens with zero attached hydrogens (tertiary/aromatic N) is 1. The van der Waals surface area contributed by atoms with Crippen LogP contribution in [-0.4, -0.2) is 35.8 Å². The van der Waals surface area contributed by atoms with E-state index in [0.717, 1.165) is 24.9 Å². The van der Waals surface area contributed by atoms with Crippen molar-refractivity contribution in [2.45, 2.75) is 32.2 Å². The van der Waals surface area contributed by atoms with Gasteiger partial charge in [-0.15, -0.1) is 0 Å². The van der Waals surface area contributed by atoms with Crippen LogP contribution in [0.25, 0.3) is 0 Å². The number of carbonyl (C=O) groups excluding carboxylic acids is 2. The zero-order valence-electron chi connectivity index (χ0n) is 12.3. The van der Waals surface area contributed by atoms with Crippen molar-refractivity contribution in [3.8, 4) is 0 Å². The lowest BCUT2D eigenvalue weighted by Crippen LogP contribution is -2.55. The molecule has 0 aliphatic carbocycles. The zero-order valence-corrected chi connectivity index (χ0v) is 12.3. The van der Waals surface area contributed by atoms with E-state index < -0.39 is 0 Å². The van der Waals surface area contributed by atoms with Crippen LogP contribution in [0.4, 0.5) is 5.69 Å². The van der Waals surface area contributed by atoms with E-state index in [2.05, 4.69) is 5.32 Å². The summed E-state index contributed by atoms with van der Waals surface area (Å²) in [4.78, 5) is 25.9. The first-order valence-corrected chi connectivity index (χ1v) is 7.49. The van der Waals surface area contributed by atoms with Crippen LogP contribution in [0, 0.1) is 12.8 Å². The number of rotatable bonds is 1. The summed E-state index contributed by atoms with van der Waals surface area (Å²) in [6.45, 7) is 3.35. The molecule has 5 heteroatoms. The number of nitrogens with two attached hydrogens (primary N) is 1. The summed E-state index contributed by atoms with van der Waals surface area (Å²) >= 11 is 0. The minimum atomic E-state index is 0.0424. The number of hydrogen-bond donors (Lipinski definition) is 2. The molecule has 3 rings (SSSR count). The number of nitrogens with one attached hydrogen (secondary N) is 1. The van der Waals surface area contributed by atoms with Gasteiger partial charge in [0.25, 0.3) is 5.91 Å². The van der Waals surface area contributed by atoms with Gasteiger partial charge >= 0.3 is 0 Å². The molecular weight excluding hydrogens is 266 g/mol. The zero-order chi connectivity index (χ0) is 15.0. The average Bonchev–Trinajstić information content (AvgIpc) is 2.45. The summed E-state index contributed by atoms with van der Waals surface area (Å²) in [6.07, 6.45) is 2.28. The third-order valence-electron chi connectivity index (χ3n) is 4.46. The number of piperidine rings is 2. The third kappa shape index (κ3) is 2.86. The van der Waals surface area contributed by atoms with Crippen molar-refractivity contribution in [2.75, 3.05) is 18.8 Å². The molecule has 2 fully saturated rings. The van der Waals surface area contributed by atoms with E-state index in [1.165, 1.54) is 0 Å². The molecule has 2 aliphatic rings. The molecular formula is C16H21N3O2. The Hall–Kier alpha value is -2.04. The molecule has 0 radical (unpaired) electrons. The number of anilines is 1. The van der Waals surface area contributed by atoms with Gasteiger partial charge in [-0.1, -0.05) is 0 Å². The Morgan fingerprint density at radius 3 is 2.90 bits per heavy atom. The maximum atomic E-state index is 12.6. The predicted molar refractivity (Wildman–Crippen MR) is 80.8 cm³/mol. The van der Waals surface area contributed by atoms with Crippen LogP contribution in [0.5, 0.6) is 0 Å². The van der Waals surface area contributed by atoms with Crippen molar-refractivity contribution in [3.63, 3.8) is 0 Å². The minimum absolute atomic E-state index is 0.0424. The quantitative estimate of drug-likeness (QED) is 0.765. The fourth-order valence-electron chi connectivity index (χ4n) is 3.41. The van der Waals surface area contributed by atoms with Crippen molar-refractivity contribution in [1.29, 1.82) is 0 Å². The molecule has 2 unspecified atom stereocenters. The summed E-state index contributed by atoms with van der Waals surface area (Å²) in [5, 5.41) is 3.04. The summed E-state index contributed by atoms with van der Waals surface area (Å²) < 4.78 is 0. The van der Waals surface area contributed by atoms with E-state index in [9.17, 15) is 9.59 Å². The summed E-state index contributed by atoms with van der Waals surface area (Å²) in [5.74, 6) is 0.561. The van der Waals surface area contributed by atoms with Gasteiger partial charge in [0.15, 0.2) is 0 Å². The van der Waals surface area contributed by atoms with E-state index in [1.807, 2.05) is 24.0 Å². The van der Waals surface area contributed by atoms with Crippen LogP contribution < -0.4 is 11.1 Å². The van der Waals surface area contributed by atoms with Gasteiger partial charge in [-0.3, -0.25) is 9.59 Å². The van der Waals surface area contributed by atoms with Crippen LogP contribution in [0.1, 0.15) is 35.2 Å². The van der Waals surface area contributed by atoms with Gasteiger partial charge in [0, 0.05) is 36.8 Å². The first kappa shape index (κ1) is 13.9. The van der Waals surface area contributed by atoms with Gasteiger partial charge < -0.3 is 16.0 Å². The SMILES string of the molecule is Cc1cc(N)cc(C(=O)N2CCC3NC(=O)CCC3C2)c1. The molecule has 2 atom stereocenters. The van der Waals surface area contributed by atoms with E-state index in [4.69, 9.17) is 5.73 Å². The van der Waals surface area contributed by atoms with Crippen molar-refractivity contribution < 1.29 is 9.59 Å². The molecule has 2 saturated heterocycles. The number of likely N-dealkylation sites (tertiary alicyclic amines) is 1. The molecule has 0 bridgehead atoms. The summed E-state index contributed by atoms with van der Waals surface area (Å²) in [5.41, 5.74) is 8.11. The molecule has 2 amide bonds. The second kappa shape index (κ2) is 5.39. The first-order chi connectivity index (χ1) is 10.0. The Balaban J connectivity index is 1.73.